The van der Waals surface area contributed by atoms with Crippen LogP contribution >= 0.6 is 11.6 Å². The summed E-state index contributed by atoms with van der Waals surface area (Å²) in [5, 5.41) is 34.8. The van der Waals surface area contributed by atoms with Crippen LogP contribution in [0.1, 0.15) is 41.4 Å². The van der Waals surface area contributed by atoms with Crippen LogP contribution in [0.3, 0.4) is 0 Å². The number of halogens is 1. The molecule has 0 atom stereocenters. The van der Waals surface area contributed by atoms with Crippen LogP contribution in [0.25, 0.3) is 0 Å². The third-order valence-electron chi connectivity index (χ3n) is 2.15. The van der Waals surface area contributed by atoms with E-state index < -0.39 is 51.2 Å². The van der Waals surface area contributed by atoms with Gasteiger partial charge in [0.25, 0.3) is 0 Å². The average Bonchev–Trinajstić information content (AvgIpc) is 2.25. The van der Waals surface area contributed by atoms with Crippen LogP contribution < -0.4 is 0 Å². The molecule has 1 rings (SSSR count). The molecule has 0 heterocycles. The second kappa shape index (κ2) is 4.94. The molecule has 1 aromatic rings. The molecule has 0 amide bonds. The van der Waals surface area contributed by atoms with Crippen molar-refractivity contribution in [1.82, 2.24) is 0 Å². The Morgan fingerprint density at radius 1 is 0.737 bits per heavy atom. The zero-order valence-electron chi connectivity index (χ0n) is 8.88. The van der Waals surface area contributed by atoms with Gasteiger partial charge in [0.15, 0.2) is 0 Å². The minimum absolute atomic E-state index is 0.587. The van der Waals surface area contributed by atoms with Crippen LogP contribution in [0.4, 0.5) is 0 Å². The van der Waals surface area contributed by atoms with Crippen molar-refractivity contribution in [2.24, 2.45) is 0 Å². The van der Waals surface area contributed by atoms with Gasteiger partial charge in [-0.3, -0.25) is 0 Å². The van der Waals surface area contributed by atoms with E-state index in [0.717, 1.165) is 0 Å². The predicted octanol–water partition coefficient (Wildman–Crippen LogP) is 1.13. The largest absolute Gasteiger partial charge is 0.478 e. The summed E-state index contributed by atoms with van der Waals surface area (Å²) in [6, 6.07) is 0.587. The van der Waals surface area contributed by atoms with Gasteiger partial charge in [0, 0.05) is 0 Å². The van der Waals surface area contributed by atoms with Crippen molar-refractivity contribution in [2.75, 3.05) is 0 Å². The minimum atomic E-state index is -1.90. The quantitative estimate of drug-likeness (QED) is 0.644. The number of benzene rings is 1. The monoisotopic (exact) mass is 288 g/mol. The van der Waals surface area contributed by atoms with Crippen LogP contribution in [0.5, 0.6) is 0 Å². The Hall–Kier alpha value is -2.61. The molecule has 19 heavy (non-hydrogen) atoms. The Morgan fingerprint density at radius 3 is 1.47 bits per heavy atom. The smallest absolute Gasteiger partial charge is 0.338 e. The van der Waals surface area contributed by atoms with Crippen molar-refractivity contribution >= 4 is 35.5 Å². The highest BCUT2D eigenvalue weighted by Gasteiger charge is 2.31. The van der Waals surface area contributed by atoms with Gasteiger partial charge in [0.1, 0.15) is 0 Å². The summed E-state index contributed by atoms with van der Waals surface area (Å²) < 4.78 is 0. The molecular formula is C10H5ClO8. The summed E-state index contributed by atoms with van der Waals surface area (Å²) in [6.45, 7) is 0. The van der Waals surface area contributed by atoms with E-state index in [1.165, 1.54) is 0 Å². The lowest BCUT2D eigenvalue weighted by molar-refractivity contribution is 0.0619. The molecule has 1 aromatic carbocycles. The molecule has 0 aliphatic rings. The van der Waals surface area contributed by atoms with Gasteiger partial charge in [-0.15, -0.1) is 0 Å². The van der Waals surface area contributed by atoms with Crippen LogP contribution in [-0.4, -0.2) is 44.3 Å². The topological polar surface area (TPSA) is 149 Å². The van der Waals surface area contributed by atoms with Gasteiger partial charge >= 0.3 is 23.9 Å². The number of carboxylic acids is 4. The third kappa shape index (κ3) is 2.47. The number of rotatable bonds is 4. The van der Waals surface area contributed by atoms with Crippen LogP contribution in [0, 0.1) is 0 Å². The van der Waals surface area contributed by atoms with E-state index in [1.807, 2.05) is 0 Å². The molecule has 100 valence electrons. The number of carbonyl (C=O) groups is 4. The van der Waals surface area contributed by atoms with Gasteiger partial charge in [0.05, 0.1) is 27.3 Å². The second-order valence-corrected chi connectivity index (χ2v) is 3.66. The fourth-order valence-corrected chi connectivity index (χ4v) is 1.75. The summed E-state index contributed by atoms with van der Waals surface area (Å²) in [7, 11) is 0. The Morgan fingerprint density at radius 2 is 1.16 bits per heavy atom. The van der Waals surface area contributed by atoms with E-state index in [4.69, 9.17) is 32.0 Å². The normalized spacial score (nSPS) is 9.95. The molecule has 9 heteroatoms. The third-order valence-corrected chi connectivity index (χ3v) is 2.45. The van der Waals surface area contributed by atoms with Gasteiger partial charge in [-0.1, -0.05) is 11.6 Å². The minimum Gasteiger partial charge on any atom is -0.478 e. The van der Waals surface area contributed by atoms with Crippen molar-refractivity contribution in [3.05, 3.63) is 33.3 Å². The maximum atomic E-state index is 11.0. The highest BCUT2D eigenvalue weighted by molar-refractivity contribution is 6.35. The van der Waals surface area contributed by atoms with Gasteiger partial charge < -0.3 is 20.4 Å². The molecule has 0 saturated heterocycles. The maximum absolute atomic E-state index is 11.0. The molecule has 0 fully saturated rings. The molecule has 0 spiro atoms. The molecule has 0 unspecified atom stereocenters. The molecule has 8 nitrogen and oxygen atoms in total. The summed E-state index contributed by atoms with van der Waals surface area (Å²) >= 11 is 5.49. The highest BCUT2D eigenvalue weighted by Crippen LogP contribution is 2.28. The Bertz CT molecular complexity index is 618. The standard InChI is InChI=1S/C10H5ClO8/c11-3-1-2(7(12)13)4(8(14)15)6(10(18)19)5(3)9(16)17/h1H,(H,12,13)(H,14,15)(H,16,17)(H,18,19). The summed E-state index contributed by atoms with van der Waals surface area (Å²) in [5.41, 5.74) is -4.19. The van der Waals surface area contributed by atoms with E-state index in [2.05, 4.69) is 0 Å². The molecule has 0 aliphatic carbocycles. The van der Waals surface area contributed by atoms with Gasteiger partial charge in [-0.05, 0) is 6.07 Å². The molecule has 0 aromatic heterocycles. The van der Waals surface area contributed by atoms with E-state index in [9.17, 15) is 19.2 Å². The number of hydrogen-bond acceptors (Lipinski definition) is 4. The van der Waals surface area contributed by atoms with Crippen molar-refractivity contribution < 1.29 is 39.6 Å². The fraction of sp³-hybridized carbons (Fsp3) is 0. The van der Waals surface area contributed by atoms with Gasteiger partial charge in [-0.2, -0.15) is 0 Å². The van der Waals surface area contributed by atoms with Crippen LogP contribution in [0.2, 0.25) is 5.02 Å². The molecule has 0 bridgehead atoms. The Kier molecular flexibility index (Phi) is 3.76. The van der Waals surface area contributed by atoms with Crippen LogP contribution in [-0.2, 0) is 0 Å². The number of carboxylic acid groups (broad SMARTS) is 4. The SMILES string of the molecule is O=C(O)c1cc(Cl)c(C(=O)O)c(C(=O)O)c1C(=O)O. The van der Waals surface area contributed by atoms with Crippen molar-refractivity contribution in [3.63, 3.8) is 0 Å². The van der Waals surface area contributed by atoms with Gasteiger partial charge in [0.2, 0.25) is 0 Å². The zero-order valence-corrected chi connectivity index (χ0v) is 9.63. The van der Waals surface area contributed by atoms with E-state index >= 15 is 0 Å². The molecule has 0 saturated carbocycles. The average molecular weight is 289 g/mol. The first-order valence-electron chi connectivity index (χ1n) is 4.48. The molecule has 0 radical (unpaired) electrons. The molecule has 0 aliphatic heterocycles. The highest BCUT2D eigenvalue weighted by atomic mass is 35.5. The maximum Gasteiger partial charge on any atom is 0.338 e. The van der Waals surface area contributed by atoms with E-state index in [0.29, 0.717) is 6.07 Å². The Balaban J connectivity index is 3.98. The summed E-state index contributed by atoms with van der Waals surface area (Å²) in [6.07, 6.45) is 0. The van der Waals surface area contributed by atoms with Crippen LogP contribution in [0.15, 0.2) is 6.07 Å². The van der Waals surface area contributed by atoms with E-state index in [1.54, 1.807) is 0 Å². The first-order chi connectivity index (χ1) is 8.68. The van der Waals surface area contributed by atoms with Crippen molar-refractivity contribution in [2.45, 2.75) is 0 Å². The lowest BCUT2D eigenvalue weighted by atomic mass is 9.95. The van der Waals surface area contributed by atoms with E-state index in [-0.39, 0.29) is 0 Å². The first-order valence-corrected chi connectivity index (χ1v) is 4.86. The first kappa shape index (κ1) is 14.5. The Labute approximate surface area is 109 Å². The van der Waals surface area contributed by atoms with Crippen molar-refractivity contribution in [1.29, 1.82) is 0 Å². The fourth-order valence-electron chi connectivity index (χ4n) is 1.46. The van der Waals surface area contributed by atoms with Gasteiger partial charge in [-0.25, -0.2) is 19.2 Å². The molecular weight excluding hydrogens is 284 g/mol. The second-order valence-electron chi connectivity index (χ2n) is 3.25. The zero-order chi connectivity index (χ0) is 14.9. The van der Waals surface area contributed by atoms with Crippen molar-refractivity contribution in [3.8, 4) is 0 Å². The number of hydrogen-bond donors (Lipinski definition) is 4. The molecule has 4 N–H and O–H groups in total. The summed E-state index contributed by atoms with van der Waals surface area (Å²) in [5.74, 6) is -7.30. The number of aromatic carboxylic acids is 4. The lowest BCUT2D eigenvalue weighted by Crippen LogP contribution is -2.19. The lowest BCUT2D eigenvalue weighted by Gasteiger charge is -2.10. The predicted molar refractivity (Wildman–Crippen MR) is 59.3 cm³/mol. The summed E-state index contributed by atoms with van der Waals surface area (Å²) in [4.78, 5) is 43.8.